The molecule has 0 radical (unpaired) electrons. The Bertz CT molecular complexity index is 136. The molecule has 1 heteroatoms. The van der Waals surface area contributed by atoms with E-state index in [4.69, 9.17) is 4.74 Å². The molecule has 11 heavy (non-hydrogen) atoms. The Kier molecular flexibility index (Phi) is 3.47. The van der Waals surface area contributed by atoms with Gasteiger partial charge in [-0.05, 0) is 31.3 Å². The maximum atomic E-state index is 5.61. The number of ether oxygens (including phenoxy) is 1. The first-order chi connectivity index (χ1) is 5.29. The van der Waals surface area contributed by atoms with E-state index in [0.717, 1.165) is 13.0 Å². The summed E-state index contributed by atoms with van der Waals surface area (Å²) in [5.41, 5.74) is 0. The molecule has 1 nitrogen and oxygen atoms in total. The van der Waals surface area contributed by atoms with Crippen LogP contribution in [0.2, 0.25) is 0 Å². The highest BCUT2D eigenvalue weighted by molar-refractivity contribution is 4.96. The first kappa shape index (κ1) is 8.63. The van der Waals surface area contributed by atoms with Gasteiger partial charge in [-0.3, -0.25) is 0 Å². The van der Waals surface area contributed by atoms with Crippen molar-refractivity contribution in [3.05, 3.63) is 11.8 Å². The summed E-state index contributed by atoms with van der Waals surface area (Å²) in [5, 5.41) is 0. The summed E-state index contributed by atoms with van der Waals surface area (Å²) in [6.45, 7) is 5.25. The van der Waals surface area contributed by atoms with Crippen molar-refractivity contribution in [3.63, 3.8) is 0 Å². The van der Waals surface area contributed by atoms with E-state index in [1.807, 2.05) is 0 Å². The zero-order chi connectivity index (χ0) is 8.10. The van der Waals surface area contributed by atoms with Gasteiger partial charge in [0.15, 0.2) is 0 Å². The van der Waals surface area contributed by atoms with Crippen molar-refractivity contribution in [3.8, 4) is 0 Å². The Hall–Kier alpha value is -0.460. The van der Waals surface area contributed by atoms with E-state index in [-0.39, 0.29) is 0 Å². The van der Waals surface area contributed by atoms with Gasteiger partial charge in [-0.2, -0.15) is 0 Å². The Morgan fingerprint density at radius 3 is 2.82 bits per heavy atom. The van der Waals surface area contributed by atoms with E-state index in [2.05, 4.69) is 19.9 Å². The van der Waals surface area contributed by atoms with Crippen LogP contribution in [0.4, 0.5) is 0 Å². The van der Waals surface area contributed by atoms with Crippen molar-refractivity contribution in [1.29, 1.82) is 0 Å². The van der Waals surface area contributed by atoms with E-state index in [0.29, 0.717) is 5.92 Å². The molecule has 0 saturated carbocycles. The van der Waals surface area contributed by atoms with Gasteiger partial charge in [0.25, 0.3) is 0 Å². The number of hydrogen-bond acceptors (Lipinski definition) is 1. The summed E-state index contributed by atoms with van der Waals surface area (Å²) in [4.78, 5) is 0. The minimum Gasteiger partial charge on any atom is -0.498 e. The van der Waals surface area contributed by atoms with Gasteiger partial charge < -0.3 is 4.74 Å². The molecule has 0 aliphatic heterocycles. The average Bonchev–Trinajstić information content (AvgIpc) is 2.03. The molecule has 64 valence electrons. The van der Waals surface area contributed by atoms with Crippen LogP contribution in [0.25, 0.3) is 0 Å². The first-order valence-electron chi connectivity index (χ1n) is 4.61. The third kappa shape index (κ3) is 3.45. The van der Waals surface area contributed by atoms with Crippen molar-refractivity contribution in [1.82, 2.24) is 0 Å². The van der Waals surface area contributed by atoms with Gasteiger partial charge in [0.05, 0.1) is 12.4 Å². The van der Waals surface area contributed by atoms with E-state index in [1.165, 1.54) is 25.0 Å². The van der Waals surface area contributed by atoms with Gasteiger partial charge in [0.1, 0.15) is 0 Å². The second kappa shape index (κ2) is 4.42. The molecule has 0 spiro atoms. The fourth-order valence-electron chi connectivity index (χ4n) is 1.21. The molecule has 0 N–H and O–H groups in total. The quantitative estimate of drug-likeness (QED) is 0.607. The Labute approximate surface area is 69.4 Å². The second-order valence-electron chi connectivity index (χ2n) is 3.62. The lowest BCUT2D eigenvalue weighted by Gasteiger charge is -2.15. The van der Waals surface area contributed by atoms with Gasteiger partial charge in [-0.25, -0.2) is 0 Å². The van der Waals surface area contributed by atoms with Crippen LogP contribution in [0.15, 0.2) is 11.8 Å². The van der Waals surface area contributed by atoms with Crippen molar-refractivity contribution >= 4 is 0 Å². The second-order valence-corrected chi connectivity index (χ2v) is 3.62. The zero-order valence-electron chi connectivity index (χ0n) is 7.60. The van der Waals surface area contributed by atoms with E-state index in [9.17, 15) is 0 Å². The Morgan fingerprint density at radius 2 is 2.27 bits per heavy atom. The highest BCUT2D eigenvalue weighted by Gasteiger charge is 2.04. The zero-order valence-corrected chi connectivity index (χ0v) is 7.60. The predicted octanol–water partition coefficient (Wildman–Crippen LogP) is 3.12. The average molecular weight is 154 g/mol. The lowest BCUT2D eigenvalue weighted by atomic mass is 10.1. The number of allylic oxidation sites excluding steroid dienone is 2. The molecular formula is C10H18O. The molecule has 0 bridgehead atoms. The summed E-state index contributed by atoms with van der Waals surface area (Å²) in [5.74, 6) is 1.88. The van der Waals surface area contributed by atoms with Crippen LogP contribution in [0, 0.1) is 5.92 Å². The maximum Gasteiger partial charge on any atom is 0.0920 e. The van der Waals surface area contributed by atoms with Crippen LogP contribution in [0.5, 0.6) is 0 Å². The third-order valence-electron chi connectivity index (χ3n) is 1.85. The van der Waals surface area contributed by atoms with Crippen molar-refractivity contribution in [2.45, 2.75) is 39.5 Å². The van der Waals surface area contributed by atoms with Crippen molar-refractivity contribution < 1.29 is 4.74 Å². The molecular weight excluding hydrogens is 136 g/mol. The topological polar surface area (TPSA) is 9.23 Å². The highest BCUT2D eigenvalue weighted by atomic mass is 16.5. The molecule has 0 saturated heterocycles. The minimum absolute atomic E-state index is 0.651. The van der Waals surface area contributed by atoms with Gasteiger partial charge in [0.2, 0.25) is 0 Å². The molecule has 0 aromatic rings. The number of rotatable bonds is 3. The predicted molar refractivity (Wildman–Crippen MR) is 47.3 cm³/mol. The fraction of sp³-hybridized carbons (Fsp3) is 0.800. The van der Waals surface area contributed by atoms with E-state index in [1.54, 1.807) is 0 Å². The summed E-state index contributed by atoms with van der Waals surface area (Å²) >= 11 is 0. The Morgan fingerprint density at radius 1 is 1.45 bits per heavy atom. The molecule has 0 unspecified atom stereocenters. The molecule has 0 fully saturated rings. The third-order valence-corrected chi connectivity index (χ3v) is 1.85. The summed E-state index contributed by atoms with van der Waals surface area (Å²) < 4.78 is 5.61. The summed E-state index contributed by atoms with van der Waals surface area (Å²) in [7, 11) is 0. The SMILES string of the molecule is CC(C)COC1=CCCCC1. The minimum atomic E-state index is 0.651. The largest absolute Gasteiger partial charge is 0.498 e. The molecule has 0 amide bonds. The summed E-state index contributed by atoms with van der Waals surface area (Å²) in [6, 6.07) is 0. The number of hydrogen-bond donors (Lipinski definition) is 0. The van der Waals surface area contributed by atoms with Gasteiger partial charge in [0, 0.05) is 6.42 Å². The Balaban J connectivity index is 2.19. The van der Waals surface area contributed by atoms with Crippen molar-refractivity contribution in [2.24, 2.45) is 5.92 Å². The lowest BCUT2D eigenvalue weighted by molar-refractivity contribution is 0.165. The molecule has 0 aromatic heterocycles. The van der Waals surface area contributed by atoms with Crippen LogP contribution in [-0.2, 0) is 4.74 Å². The summed E-state index contributed by atoms with van der Waals surface area (Å²) in [6.07, 6.45) is 7.27. The van der Waals surface area contributed by atoms with Gasteiger partial charge in [-0.1, -0.05) is 13.8 Å². The van der Waals surface area contributed by atoms with Crippen molar-refractivity contribution in [2.75, 3.05) is 6.61 Å². The highest BCUT2D eigenvalue weighted by Crippen LogP contribution is 2.18. The van der Waals surface area contributed by atoms with Crippen LogP contribution >= 0.6 is 0 Å². The smallest absolute Gasteiger partial charge is 0.0920 e. The molecule has 0 heterocycles. The van der Waals surface area contributed by atoms with Crippen LogP contribution in [-0.4, -0.2) is 6.61 Å². The normalized spacial score (nSPS) is 18.3. The molecule has 1 aliphatic carbocycles. The molecule has 1 rings (SSSR count). The van der Waals surface area contributed by atoms with Crippen LogP contribution in [0.1, 0.15) is 39.5 Å². The fourth-order valence-corrected chi connectivity index (χ4v) is 1.21. The van der Waals surface area contributed by atoms with E-state index >= 15 is 0 Å². The maximum absolute atomic E-state index is 5.61. The molecule has 1 aliphatic rings. The lowest BCUT2D eigenvalue weighted by Crippen LogP contribution is -2.03. The van der Waals surface area contributed by atoms with Gasteiger partial charge >= 0.3 is 0 Å². The molecule has 0 aromatic carbocycles. The first-order valence-corrected chi connectivity index (χ1v) is 4.61. The van der Waals surface area contributed by atoms with Gasteiger partial charge in [-0.15, -0.1) is 0 Å². The molecule has 0 atom stereocenters. The monoisotopic (exact) mass is 154 g/mol. The van der Waals surface area contributed by atoms with Crippen LogP contribution < -0.4 is 0 Å². The van der Waals surface area contributed by atoms with Crippen LogP contribution in [0.3, 0.4) is 0 Å². The van der Waals surface area contributed by atoms with E-state index < -0.39 is 0 Å². The standard InChI is InChI=1S/C10H18O/c1-9(2)8-11-10-6-4-3-5-7-10/h6,9H,3-5,7-8H2,1-2H3.